The van der Waals surface area contributed by atoms with Crippen LogP contribution in [0.5, 0.6) is 0 Å². The van der Waals surface area contributed by atoms with Crippen LogP contribution in [0.25, 0.3) is 0 Å². The summed E-state index contributed by atoms with van der Waals surface area (Å²) in [7, 11) is 3.36. The molecule has 1 aromatic carbocycles. The van der Waals surface area contributed by atoms with Gasteiger partial charge in [-0.05, 0) is 43.1 Å². The van der Waals surface area contributed by atoms with Gasteiger partial charge in [-0.25, -0.2) is 9.59 Å². The third-order valence-electron chi connectivity index (χ3n) is 4.10. The third kappa shape index (κ3) is 4.39. The second-order valence-electron chi connectivity index (χ2n) is 5.93. The minimum Gasteiger partial charge on any atom is -0.463 e. The number of hydrogen-bond acceptors (Lipinski definition) is 6. The predicted octanol–water partition coefficient (Wildman–Crippen LogP) is 3.00. The van der Waals surface area contributed by atoms with Crippen LogP contribution in [0.3, 0.4) is 0 Å². The number of hydrogen-bond donors (Lipinski definition) is 1. The van der Waals surface area contributed by atoms with Crippen LogP contribution < -0.4 is 5.32 Å². The van der Waals surface area contributed by atoms with Crippen LogP contribution in [0.4, 0.5) is 10.5 Å². The summed E-state index contributed by atoms with van der Waals surface area (Å²) in [6.45, 7) is 3.15. The normalized spacial score (nSPS) is 14.9. The number of piperazine rings is 1. The average molecular weight is 375 g/mol. The summed E-state index contributed by atoms with van der Waals surface area (Å²) < 4.78 is 10.1. The number of methoxy groups -OCH3 is 1. The topological polar surface area (TPSA) is 75.0 Å². The van der Waals surface area contributed by atoms with E-state index in [1.807, 2.05) is 36.2 Å². The van der Waals surface area contributed by atoms with Gasteiger partial charge in [0.25, 0.3) is 0 Å². The van der Waals surface area contributed by atoms with Gasteiger partial charge in [0.2, 0.25) is 5.76 Å². The number of urea groups is 1. The molecule has 0 saturated carbocycles. The fourth-order valence-electron chi connectivity index (χ4n) is 2.56. The molecule has 138 valence electrons. The third-order valence-corrected chi connectivity index (χ3v) is 5.09. The number of esters is 1. The Morgan fingerprint density at radius 3 is 2.58 bits per heavy atom. The first kappa shape index (κ1) is 18.3. The molecular formula is C18H21N3O4S. The highest BCUT2D eigenvalue weighted by Gasteiger charge is 2.20. The van der Waals surface area contributed by atoms with E-state index in [0.717, 1.165) is 18.0 Å². The Bertz CT molecular complexity index is 784. The minimum atomic E-state index is -0.520. The number of ether oxygens (including phenoxy) is 1. The van der Waals surface area contributed by atoms with Crippen molar-refractivity contribution >= 4 is 29.4 Å². The van der Waals surface area contributed by atoms with Crippen molar-refractivity contribution in [2.24, 2.45) is 0 Å². The van der Waals surface area contributed by atoms with Crippen molar-refractivity contribution in [1.29, 1.82) is 0 Å². The molecule has 0 atom stereocenters. The van der Waals surface area contributed by atoms with Crippen LogP contribution in [0.1, 0.15) is 10.6 Å². The molecule has 2 aromatic rings. The lowest BCUT2D eigenvalue weighted by atomic mass is 10.3. The van der Waals surface area contributed by atoms with Gasteiger partial charge in [0.05, 0.1) is 12.8 Å². The van der Waals surface area contributed by atoms with E-state index in [2.05, 4.69) is 15.0 Å². The number of furan rings is 1. The van der Waals surface area contributed by atoms with Gasteiger partial charge in [-0.2, -0.15) is 0 Å². The summed E-state index contributed by atoms with van der Waals surface area (Å²) in [6, 6.07) is 10.7. The molecule has 2 heterocycles. The van der Waals surface area contributed by atoms with Crippen LogP contribution in [0, 0.1) is 0 Å². The summed E-state index contributed by atoms with van der Waals surface area (Å²) in [5, 5.41) is 3.52. The fraction of sp³-hybridized carbons (Fsp3) is 0.333. The van der Waals surface area contributed by atoms with E-state index in [0.29, 0.717) is 23.9 Å². The van der Waals surface area contributed by atoms with E-state index in [9.17, 15) is 9.59 Å². The van der Waals surface area contributed by atoms with Crippen LogP contribution in [0.15, 0.2) is 50.8 Å². The summed E-state index contributed by atoms with van der Waals surface area (Å²) in [5.41, 5.74) is 0.706. The molecule has 8 heteroatoms. The molecule has 0 bridgehead atoms. The number of carbonyl (C=O) groups excluding carboxylic acids is 2. The van der Waals surface area contributed by atoms with Crippen LogP contribution in [-0.4, -0.2) is 62.1 Å². The SMILES string of the molecule is COC(=O)c1ccc(Sc2ccccc2NC(=O)N2CCN(C)CC2)o1. The quantitative estimate of drug-likeness (QED) is 0.828. The second kappa shape index (κ2) is 8.29. The van der Waals surface area contributed by atoms with E-state index in [-0.39, 0.29) is 11.8 Å². The van der Waals surface area contributed by atoms with Crippen molar-refractivity contribution in [2.45, 2.75) is 9.99 Å². The standard InChI is InChI=1S/C18H21N3O4S/c1-20-9-11-21(12-10-20)18(23)19-13-5-3-4-6-15(13)26-16-8-7-14(25-16)17(22)24-2/h3-8H,9-12H2,1-2H3,(H,19,23). The molecular weight excluding hydrogens is 354 g/mol. The molecule has 7 nitrogen and oxygen atoms in total. The maximum atomic E-state index is 12.5. The molecule has 1 aromatic heterocycles. The maximum Gasteiger partial charge on any atom is 0.374 e. The van der Waals surface area contributed by atoms with E-state index < -0.39 is 5.97 Å². The van der Waals surface area contributed by atoms with Crippen LogP contribution >= 0.6 is 11.8 Å². The highest BCUT2D eigenvalue weighted by Crippen LogP contribution is 2.34. The first-order chi connectivity index (χ1) is 12.6. The van der Waals surface area contributed by atoms with Gasteiger partial charge in [0.15, 0.2) is 5.09 Å². The molecule has 2 amide bonds. The van der Waals surface area contributed by atoms with Crippen molar-refractivity contribution < 1.29 is 18.7 Å². The fourth-order valence-corrected chi connectivity index (χ4v) is 3.42. The Labute approximate surface area is 156 Å². The summed E-state index contributed by atoms with van der Waals surface area (Å²) in [5.74, 6) is -0.373. The summed E-state index contributed by atoms with van der Waals surface area (Å²) in [6.07, 6.45) is 0. The van der Waals surface area contributed by atoms with Crippen molar-refractivity contribution in [3.8, 4) is 0 Å². The Hall–Kier alpha value is -2.45. The summed E-state index contributed by atoms with van der Waals surface area (Å²) in [4.78, 5) is 28.9. The van der Waals surface area contributed by atoms with Gasteiger partial charge in [-0.15, -0.1) is 0 Å². The van der Waals surface area contributed by atoms with Gasteiger partial charge in [-0.1, -0.05) is 12.1 Å². The lowest BCUT2D eigenvalue weighted by Gasteiger charge is -2.32. The smallest absolute Gasteiger partial charge is 0.374 e. The lowest BCUT2D eigenvalue weighted by Crippen LogP contribution is -2.48. The highest BCUT2D eigenvalue weighted by molar-refractivity contribution is 7.99. The van der Waals surface area contributed by atoms with Crippen LogP contribution in [-0.2, 0) is 4.74 Å². The molecule has 1 fully saturated rings. The number of carbonyl (C=O) groups is 2. The lowest BCUT2D eigenvalue weighted by molar-refractivity contribution is 0.0559. The molecule has 1 saturated heterocycles. The first-order valence-corrected chi connectivity index (χ1v) is 9.08. The molecule has 0 unspecified atom stereocenters. The molecule has 0 spiro atoms. The number of nitrogens with one attached hydrogen (secondary N) is 1. The summed E-state index contributed by atoms with van der Waals surface area (Å²) >= 11 is 1.34. The minimum absolute atomic E-state index is 0.110. The van der Waals surface area contributed by atoms with E-state index in [4.69, 9.17) is 4.42 Å². The number of likely N-dealkylation sites (N-methyl/N-ethyl adjacent to an activating group) is 1. The number of para-hydroxylation sites is 1. The number of nitrogens with zero attached hydrogens (tertiary/aromatic N) is 2. The number of anilines is 1. The largest absolute Gasteiger partial charge is 0.463 e. The molecule has 0 aliphatic carbocycles. The van der Waals surface area contributed by atoms with E-state index >= 15 is 0 Å². The van der Waals surface area contributed by atoms with E-state index in [1.165, 1.54) is 18.9 Å². The zero-order valence-corrected chi connectivity index (χ0v) is 15.5. The van der Waals surface area contributed by atoms with Crippen LogP contribution in [0.2, 0.25) is 0 Å². The van der Waals surface area contributed by atoms with Gasteiger partial charge in [-0.3, -0.25) is 0 Å². The van der Waals surface area contributed by atoms with Gasteiger partial charge in [0, 0.05) is 31.1 Å². The Kier molecular flexibility index (Phi) is 5.85. The molecule has 0 radical (unpaired) electrons. The second-order valence-corrected chi connectivity index (χ2v) is 6.98. The predicted molar refractivity (Wildman–Crippen MR) is 98.7 cm³/mol. The van der Waals surface area contributed by atoms with E-state index in [1.54, 1.807) is 12.1 Å². The molecule has 26 heavy (non-hydrogen) atoms. The number of rotatable bonds is 4. The van der Waals surface area contributed by atoms with Crippen molar-refractivity contribution in [2.75, 3.05) is 45.7 Å². The van der Waals surface area contributed by atoms with Gasteiger partial charge in [0.1, 0.15) is 0 Å². The number of benzene rings is 1. The van der Waals surface area contributed by atoms with Gasteiger partial charge >= 0.3 is 12.0 Å². The molecule has 3 rings (SSSR count). The monoisotopic (exact) mass is 375 g/mol. The molecule has 1 aliphatic rings. The van der Waals surface area contributed by atoms with Crippen molar-refractivity contribution in [3.05, 3.63) is 42.2 Å². The zero-order chi connectivity index (χ0) is 18.5. The van der Waals surface area contributed by atoms with Gasteiger partial charge < -0.3 is 24.3 Å². The van der Waals surface area contributed by atoms with Crippen molar-refractivity contribution in [3.63, 3.8) is 0 Å². The number of amides is 2. The molecule has 1 aliphatic heterocycles. The Morgan fingerprint density at radius 1 is 1.12 bits per heavy atom. The average Bonchev–Trinajstić information content (AvgIpc) is 3.12. The Morgan fingerprint density at radius 2 is 1.85 bits per heavy atom. The highest BCUT2D eigenvalue weighted by atomic mass is 32.2. The first-order valence-electron chi connectivity index (χ1n) is 8.26. The van der Waals surface area contributed by atoms with Crippen molar-refractivity contribution in [1.82, 2.24) is 9.80 Å². The zero-order valence-electron chi connectivity index (χ0n) is 14.7. The Balaban J connectivity index is 1.69. The molecule has 1 N–H and O–H groups in total. The maximum absolute atomic E-state index is 12.5.